The Bertz CT molecular complexity index is 443. The summed E-state index contributed by atoms with van der Waals surface area (Å²) < 4.78 is 0. The lowest BCUT2D eigenvalue weighted by atomic mass is 10.2. The lowest BCUT2D eigenvalue weighted by Crippen LogP contribution is -2.15. The maximum absolute atomic E-state index is 5.05. The number of nitrogens with zero attached hydrogens (tertiary/aromatic N) is 1. The van der Waals surface area contributed by atoms with Crippen molar-refractivity contribution >= 4 is 23.1 Å². The number of aromatic nitrogens is 1. The molecule has 1 N–H and O–H groups in total. The molecule has 4 heteroatoms. The summed E-state index contributed by atoms with van der Waals surface area (Å²) in [5.41, 5.74) is 1.46. The molecule has 0 bridgehead atoms. The second kappa shape index (κ2) is 5.38. The minimum Gasteiger partial charge on any atom is -0.309 e. The highest BCUT2D eigenvalue weighted by Crippen LogP contribution is 2.46. The highest BCUT2D eigenvalue weighted by atomic mass is 32.2. The third-order valence-corrected chi connectivity index (χ3v) is 7.01. The summed E-state index contributed by atoms with van der Waals surface area (Å²) in [6.45, 7) is 1.07. The molecule has 19 heavy (non-hydrogen) atoms. The van der Waals surface area contributed by atoms with Crippen LogP contribution in [-0.2, 0) is 6.54 Å². The molecule has 1 aliphatic heterocycles. The van der Waals surface area contributed by atoms with Gasteiger partial charge in [0.1, 0.15) is 5.01 Å². The van der Waals surface area contributed by atoms with Crippen LogP contribution in [0, 0.1) is 0 Å². The van der Waals surface area contributed by atoms with Gasteiger partial charge in [-0.25, -0.2) is 4.98 Å². The van der Waals surface area contributed by atoms with E-state index in [1.807, 2.05) is 11.3 Å². The van der Waals surface area contributed by atoms with Crippen LogP contribution in [0.5, 0.6) is 0 Å². The first-order valence-corrected chi connectivity index (χ1v) is 9.61. The van der Waals surface area contributed by atoms with Crippen molar-refractivity contribution in [2.24, 2.45) is 0 Å². The second-order valence-corrected chi connectivity index (χ2v) is 8.57. The van der Waals surface area contributed by atoms with E-state index in [-0.39, 0.29) is 0 Å². The van der Waals surface area contributed by atoms with Crippen LogP contribution in [0.1, 0.15) is 71.7 Å². The first-order valence-electron chi connectivity index (χ1n) is 7.74. The largest absolute Gasteiger partial charge is 0.309 e. The third kappa shape index (κ3) is 3.01. The molecule has 104 valence electrons. The molecule has 0 amide bonds. The molecule has 2 nitrogen and oxygen atoms in total. The van der Waals surface area contributed by atoms with Crippen LogP contribution in [0.15, 0.2) is 0 Å². The van der Waals surface area contributed by atoms with Crippen molar-refractivity contribution in [2.45, 2.75) is 68.7 Å². The van der Waals surface area contributed by atoms with Gasteiger partial charge in [-0.2, -0.15) is 11.8 Å². The molecular formula is C15H22N2S2. The van der Waals surface area contributed by atoms with E-state index in [1.165, 1.54) is 61.4 Å². The monoisotopic (exact) mass is 294 g/mol. The maximum Gasteiger partial charge on any atom is 0.106 e. The van der Waals surface area contributed by atoms with Gasteiger partial charge in [0.25, 0.3) is 0 Å². The molecule has 1 aromatic rings. The SMILES string of the molecule is C1CCC(c2nc(C3CC3)c(CNC3CC3)s2)SC1. The predicted molar refractivity (Wildman–Crippen MR) is 83.0 cm³/mol. The highest BCUT2D eigenvalue weighted by Gasteiger charge is 2.32. The predicted octanol–water partition coefficient (Wildman–Crippen LogP) is 4.23. The second-order valence-electron chi connectivity index (χ2n) is 6.15. The first kappa shape index (κ1) is 12.7. The molecular weight excluding hydrogens is 272 g/mol. The molecule has 0 aromatic carbocycles. The van der Waals surface area contributed by atoms with Gasteiger partial charge in [-0.15, -0.1) is 11.3 Å². The molecule has 0 spiro atoms. The molecule has 1 atom stereocenters. The minimum absolute atomic E-state index is 0.700. The van der Waals surface area contributed by atoms with Gasteiger partial charge in [-0.3, -0.25) is 0 Å². The van der Waals surface area contributed by atoms with Crippen molar-refractivity contribution in [3.05, 3.63) is 15.6 Å². The van der Waals surface area contributed by atoms with E-state index in [1.54, 1.807) is 4.88 Å². The Balaban J connectivity index is 1.51. The van der Waals surface area contributed by atoms with Gasteiger partial charge in [-0.1, -0.05) is 6.42 Å². The zero-order chi connectivity index (χ0) is 12.7. The average Bonchev–Trinajstić information content (AvgIpc) is 3.37. The summed E-state index contributed by atoms with van der Waals surface area (Å²) in [4.78, 5) is 6.60. The number of rotatable bonds is 5. The standard InChI is InChI=1S/C15H22N2S2/c1-2-8-18-12(3-1)15-17-14(10-4-5-10)13(19-15)9-16-11-6-7-11/h10-12,16H,1-9H2. The topological polar surface area (TPSA) is 24.9 Å². The van der Waals surface area contributed by atoms with Crippen molar-refractivity contribution < 1.29 is 0 Å². The maximum atomic E-state index is 5.05. The first-order chi connectivity index (χ1) is 9.40. The summed E-state index contributed by atoms with van der Waals surface area (Å²) in [5.74, 6) is 2.13. The van der Waals surface area contributed by atoms with Crippen LogP contribution in [0.25, 0.3) is 0 Å². The van der Waals surface area contributed by atoms with Crippen molar-refractivity contribution in [3.8, 4) is 0 Å². The zero-order valence-corrected chi connectivity index (χ0v) is 13.0. The van der Waals surface area contributed by atoms with E-state index in [2.05, 4.69) is 17.1 Å². The van der Waals surface area contributed by atoms with Gasteiger partial charge in [0, 0.05) is 23.4 Å². The Hall–Kier alpha value is -0.0600. The molecule has 2 heterocycles. The van der Waals surface area contributed by atoms with Crippen LogP contribution in [0.3, 0.4) is 0 Å². The summed E-state index contributed by atoms with van der Waals surface area (Å²) >= 11 is 4.14. The molecule has 3 fully saturated rings. The molecule has 3 aliphatic rings. The van der Waals surface area contributed by atoms with E-state index in [9.17, 15) is 0 Å². The lowest BCUT2D eigenvalue weighted by Gasteiger charge is -2.18. The number of hydrogen-bond acceptors (Lipinski definition) is 4. The van der Waals surface area contributed by atoms with E-state index in [0.717, 1.165) is 18.5 Å². The van der Waals surface area contributed by atoms with E-state index in [0.29, 0.717) is 5.25 Å². The molecule has 2 aliphatic carbocycles. The van der Waals surface area contributed by atoms with Crippen LogP contribution in [0.4, 0.5) is 0 Å². The average molecular weight is 294 g/mol. The lowest BCUT2D eigenvalue weighted by molar-refractivity contribution is 0.679. The van der Waals surface area contributed by atoms with Crippen molar-refractivity contribution in [2.75, 3.05) is 5.75 Å². The van der Waals surface area contributed by atoms with Crippen LogP contribution >= 0.6 is 23.1 Å². The number of thiazole rings is 1. The zero-order valence-electron chi connectivity index (χ0n) is 11.4. The molecule has 2 saturated carbocycles. The van der Waals surface area contributed by atoms with E-state index >= 15 is 0 Å². The van der Waals surface area contributed by atoms with Crippen LogP contribution < -0.4 is 5.32 Å². The fourth-order valence-electron chi connectivity index (χ4n) is 2.78. The Labute approximate surface area is 123 Å². The summed E-state index contributed by atoms with van der Waals surface area (Å²) in [5, 5.41) is 5.81. The number of thioether (sulfide) groups is 1. The van der Waals surface area contributed by atoms with Crippen LogP contribution in [-0.4, -0.2) is 16.8 Å². The normalized spacial score (nSPS) is 27.7. The number of nitrogens with one attached hydrogen (secondary N) is 1. The van der Waals surface area contributed by atoms with Gasteiger partial charge in [-0.05, 0) is 44.3 Å². The summed E-state index contributed by atoms with van der Waals surface area (Å²) in [6, 6.07) is 0.807. The van der Waals surface area contributed by atoms with Crippen molar-refractivity contribution in [1.29, 1.82) is 0 Å². The van der Waals surface area contributed by atoms with Crippen molar-refractivity contribution in [3.63, 3.8) is 0 Å². The fraction of sp³-hybridized carbons (Fsp3) is 0.800. The Morgan fingerprint density at radius 2 is 2.00 bits per heavy atom. The quantitative estimate of drug-likeness (QED) is 0.879. The smallest absolute Gasteiger partial charge is 0.106 e. The van der Waals surface area contributed by atoms with Gasteiger partial charge < -0.3 is 5.32 Å². The van der Waals surface area contributed by atoms with Gasteiger partial charge in [0.05, 0.1) is 10.9 Å². The fourth-order valence-corrected chi connectivity index (χ4v) is 5.43. The Kier molecular flexibility index (Phi) is 3.58. The van der Waals surface area contributed by atoms with E-state index in [4.69, 9.17) is 4.98 Å². The molecule has 1 unspecified atom stereocenters. The van der Waals surface area contributed by atoms with Crippen molar-refractivity contribution in [1.82, 2.24) is 10.3 Å². The molecule has 1 aromatic heterocycles. The summed E-state index contributed by atoms with van der Waals surface area (Å²) in [6.07, 6.45) is 9.64. The van der Waals surface area contributed by atoms with Gasteiger partial charge >= 0.3 is 0 Å². The number of hydrogen-bond donors (Lipinski definition) is 1. The molecule has 1 saturated heterocycles. The van der Waals surface area contributed by atoms with E-state index < -0.39 is 0 Å². The third-order valence-electron chi connectivity index (χ3n) is 4.29. The van der Waals surface area contributed by atoms with Gasteiger partial charge in [0.15, 0.2) is 0 Å². The Morgan fingerprint density at radius 3 is 2.68 bits per heavy atom. The van der Waals surface area contributed by atoms with Gasteiger partial charge in [0.2, 0.25) is 0 Å². The van der Waals surface area contributed by atoms with Crippen LogP contribution in [0.2, 0.25) is 0 Å². The molecule has 0 radical (unpaired) electrons. The minimum atomic E-state index is 0.700. The highest BCUT2D eigenvalue weighted by molar-refractivity contribution is 7.99. The molecule has 4 rings (SSSR count). The summed E-state index contributed by atoms with van der Waals surface area (Å²) in [7, 11) is 0. The Morgan fingerprint density at radius 1 is 1.11 bits per heavy atom.